The van der Waals surface area contributed by atoms with Gasteiger partial charge >= 0.3 is 0 Å². The van der Waals surface area contributed by atoms with Crippen LogP contribution in [-0.4, -0.2) is 0 Å². The molecule has 0 saturated carbocycles. The van der Waals surface area contributed by atoms with Gasteiger partial charge in [-0.3, -0.25) is 0 Å². The summed E-state index contributed by atoms with van der Waals surface area (Å²) in [6, 6.07) is 110. The van der Waals surface area contributed by atoms with Crippen molar-refractivity contribution in [2.75, 3.05) is 4.90 Å². The van der Waals surface area contributed by atoms with Gasteiger partial charge in [0.25, 0.3) is 0 Å². The molecule has 0 aliphatic heterocycles. The zero-order chi connectivity index (χ0) is 49.0. The Balaban J connectivity index is 1.01. The smallest absolute Gasteiger partial charge is 0.0714 e. The van der Waals surface area contributed by atoms with E-state index in [9.17, 15) is 0 Å². The van der Waals surface area contributed by atoms with Crippen molar-refractivity contribution in [2.45, 2.75) is 5.41 Å². The predicted octanol–water partition coefficient (Wildman–Crippen LogP) is 19.6. The minimum atomic E-state index is -0.550. The Labute approximate surface area is 432 Å². The number of hydrogen-bond donors (Lipinski definition) is 0. The van der Waals surface area contributed by atoms with Crippen LogP contribution in [-0.2, 0) is 5.41 Å². The summed E-state index contributed by atoms with van der Waals surface area (Å²) in [5.41, 5.74) is 19.9. The van der Waals surface area contributed by atoms with Gasteiger partial charge in [0.2, 0.25) is 0 Å². The first-order chi connectivity index (χ1) is 36.7. The molecule has 1 nitrogen and oxygen atoms in total. The summed E-state index contributed by atoms with van der Waals surface area (Å²) in [6.45, 7) is 0. The molecule has 74 heavy (non-hydrogen) atoms. The molecule has 0 amide bonds. The second-order valence-electron chi connectivity index (χ2n) is 19.5. The molecular formula is C73H49N. The van der Waals surface area contributed by atoms with Gasteiger partial charge in [0.15, 0.2) is 0 Å². The summed E-state index contributed by atoms with van der Waals surface area (Å²) in [5, 5.41) is 7.42. The van der Waals surface area contributed by atoms with Crippen LogP contribution in [0.15, 0.2) is 297 Å². The van der Waals surface area contributed by atoms with Crippen LogP contribution in [0.2, 0.25) is 0 Å². The van der Waals surface area contributed by atoms with Crippen molar-refractivity contribution in [1.82, 2.24) is 0 Å². The van der Waals surface area contributed by atoms with E-state index in [1.54, 1.807) is 0 Å². The lowest BCUT2D eigenvalue weighted by Gasteiger charge is -2.34. The first-order valence-electron chi connectivity index (χ1n) is 25.7. The lowest BCUT2D eigenvalue weighted by molar-refractivity contribution is 0.768. The number of fused-ring (bicyclic) bond motifs is 7. The van der Waals surface area contributed by atoms with Crippen molar-refractivity contribution in [3.8, 4) is 55.6 Å². The van der Waals surface area contributed by atoms with E-state index in [-0.39, 0.29) is 0 Å². The third kappa shape index (κ3) is 6.93. The minimum absolute atomic E-state index is 0.550. The highest BCUT2D eigenvalue weighted by Gasteiger charge is 2.47. The lowest BCUT2D eigenvalue weighted by Crippen LogP contribution is -2.28. The quantitative estimate of drug-likeness (QED) is 0.130. The second-order valence-corrected chi connectivity index (χ2v) is 19.5. The standard InChI is InChI=1S/C73H49N/c1-5-22-54(23-6-1)70-64-33-16-15-32-62(64)63-48-47-59(49-66(63)71(70)55-24-7-2-8-25-55)74(58-45-43-51(44-46-58)50-39-41-53(42-40-50)61-35-19-26-52-21-13-14-31-60(52)61)69-38-20-37-68-72(69)65-34-17-18-36-67(65)73(68,56-27-9-3-10-28-56)57-29-11-4-12-30-57/h1-49H. The van der Waals surface area contributed by atoms with Gasteiger partial charge in [0.05, 0.1) is 11.1 Å². The predicted molar refractivity (Wildman–Crippen MR) is 313 cm³/mol. The van der Waals surface area contributed by atoms with Crippen LogP contribution in [0.4, 0.5) is 17.1 Å². The maximum atomic E-state index is 2.51. The highest BCUT2D eigenvalue weighted by atomic mass is 15.1. The highest BCUT2D eigenvalue weighted by Crippen LogP contribution is 2.60. The maximum absolute atomic E-state index is 2.51. The second kappa shape index (κ2) is 17.9. The van der Waals surface area contributed by atoms with Crippen molar-refractivity contribution in [3.05, 3.63) is 320 Å². The molecule has 0 heterocycles. The number of anilines is 3. The molecule has 346 valence electrons. The van der Waals surface area contributed by atoms with Crippen LogP contribution >= 0.6 is 0 Å². The molecule has 0 fully saturated rings. The van der Waals surface area contributed by atoms with Crippen LogP contribution in [0.1, 0.15) is 22.3 Å². The molecule has 0 spiro atoms. The van der Waals surface area contributed by atoms with Gasteiger partial charge in [-0.05, 0) is 135 Å². The van der Waals surface area contributed by atoms with Crippen LogP contribution < -0.4 is 4.90 Å². The Kier molecular flexibility index (Phi) is 10.5. The van der Waals surface area contributed by atoms with E-state index in [1.807, 2.05) is 0 Å². The van der Waals surface area contributed by atoms with E-state index in [0.717, 1.165) is 22.6 Å². The normalized spacial score (nSPS) is 12.4. The molecule has 0 radical (unpaired) electrons. The molecule has 0 atom stereocenters. The van der Waals surface area contributed by atoms with Crippen molar-refractivity contribution in [1.29, 1.82) is 0 Å². The van der Waals surface area contributed by atoms with Gasteiger partial charge in [0, 0.05) is 16.9 Å². The van der Waals surface area contributed by atoms with Crippen molar-refractivity contribution < 1.29 is 0 Å². The van der Waals surface area contributed by atoms with Crippen LogP contribution in [0.25, 0.3) is 88.0 Å². The molecule has 0 saturated heterocycles. The Bertz CT molecular complexity index is 4160. The zero-order valence-corrected chi connectivity index (χ0v) is 40.7. The third-order valence-electron chi connectivity index (χ3n) is 15.5. The molecule has 13 aromatic rings. The van der Waals surface area contributed by atoms with Gasteiger partial charge in [-0.2, -0.15) is 0 Å². The summed E-state index contributed by atoms with van der Waals surface area (Å²) < 4.78 is 0. The third-order valence-corrected chi connectivity index (χ3v) is 15.5. The summed E-state index contributed by atoms with van der Waals surface area (Å²) >= 11 is 0. The molecule has 0 bridgehead atoms. The molecule has 0 N–H and O–H groups in total. The first kappa shape index (κ1) is 43.2. The van der Waals surface area contributed by atoms with Crippen molar-refractivity contribution in [2.24, 2.45) is 0 Å². The molecule has 1 heteroatoms. The summed E-state index contributed by atoms with van der Waals surface area (Å²) in [7, 11) is 0. The zero-order valence-electron chi connectivity index (χ0n) is 40.7. The van der Waals surface area contributed by atoms with E-state index in [2.05, 4.69) is 302 Å². The van der Waals surface area contributed by atoms with Crippen molar-refractivity contribution in [3.63, 3.8) is 0 Å². The van der Waals surface area contributed by atoms with Gasteiger partial charge in [0.1, 0.15) is 0 Å². The molecule has 1 aliphatic carbocycles. The molecule has 1 aliphatic rings. The fourth-order valence-corrected chi connectivity index (χ4v) is 12.3. The summed E-state index contributed by atoms with van der Waals surface area (Å²) in [5.74, 6) is 0. The average Bonchev–Trinajstić information content (AvgIpc) is 3.85. The maximum Gasteiger partial charge on any atom is 0.0714 e. The lowest BCUT2D eigenvalue weighted by atomic mass is 9.68. The van der Waals surface area contributed by atoms with E-state index >= 15 is 0 Å². The number of hydrogen-bond acceptors (Lipinski definition) is 1. The Morgan fingerprint density at radius 1 is 0.243 bits per heavy atom. The largest absolute Gasteiger partial charge is 0.310 e. The fraction of sp³-hybridized carbons (Fsp3) is 0.0137. The van der Waals surface area contributed by atoms with E-state index < -0.39 is 5.41 Å². The molecular weight excluding hydrogens is 891 g/mol. The van der Waals surface area contributed by atoms with Crippen LogP contribution in [0.3, 0.4) is 0 Å². The average molecular weight is 940 g/mol. The van der Waals surface area contributed by atoms with Gasteiger partial charge in [-0.1, -0.05) is 267 Å². The molecule has 13 aromatic carbocycles. The number of nitrogens with zero attached hydrogens (tertiary/aromatic N) is 1. The number of benzene rings is 13. The Morgan fingerprint density at radius 2 is 0.703 bits per heavy atom. The van der Waals surface area contributed by atoms with Crippen molar-refractivity contribution >= 4 is 49.4 Å². The van der Waals surface area contributed by atoms with Gasteiger partial charge < -0.3 is 4.90 Å². The first-order valence-corrected chi connectivity index (χ1v) is 25.7. The van der Waals surface area contributed by atoms with Gasteiger partial charge in [-0.25, -0.2) is 0 Å². The van der Waals surface area contributed by atoms with E-state index in [1.165, 1.54) is 105 Å². The minimum Gasteiger partial charge on any atom is -0.310 e. The monoisotopic (exact) mass is 939 g/mol. The van der Waals surface area contributed by atoms with Crippen LogP contribution in [0, 0.1) is 0 Å². The molecule has 0 unspecified atom stereocenters. The Hall–Kier alpha value is -9.56. The summed E-state index contributed by atoms with van der Waals surface area (Å²) in [4.78, 5) is 2.51. The SMILES string of the molecule is c1ccc(-c2c(-c3ccccc3)c3cc(N(c4ccc(-c5ccc(-c6cccc7ccccc67)cc5)cc4)c4cccc5c4-c4ccccc4C5(c4ccccc4)c4ccccc4)ccc3c3ccccc23)cc1. The highest BCUT2D eigenvalue weighted by molar-refractivity contribution is 6.22. The molecule has 14 rings (SSSR count). The Morgan fingerprint density at radius 3 is 1.38 bits per heavy atom. The topological polar surface area (TPSA) is 3.24 Å². The van der Waals surface area contributed by atoms with Gasteiger partial charge in [-0.15, -0.1) is 0 Å². The van der Waals surface area contributed by atoms with E-state index in [0.29, 0.717) is 0 Å². The fourth-order valence-electron chi connectivity index (χ4n) is 12.3. The number of rotatable bonds is 9. The van der Waals surface area contributed by atoms with E-state index in [4.69, 9.17) is 0 Å². The van der Waals surface area contributed by atoms with Crippen LogP contribution in [0.5, 0.6) is 0 Å². The molecule has 0 aromatic heterocycles. The summed E-state index contributed by atoms with van der Waals surface area (Å²) in [6.07, 6.45) is 0.